The zero-order valence-electron chi connectivity index (χ0n) is 18.6. The number of benzene rings is 1. The van der Waals surface area contributed by atoms with Crippen LogP contribution in [0.3, 0.4) is 0 Å². The van der Waals surface area contributed by atoms with Gasteiger partial charge in [0.15, 0.2) is 0 Å². The standard InChI is InChI=1S/C23H35N3O4/c1-4-24(5-2)21(27)7-6-8-22(28)25-15-17-26(18-16-25)23(29)14-11-19-9-12-20(30-3)13-10-19/h9-10,12-13H,4-8,11,14-18H2,1-3H3. The van der Waals surface area contributed by atoms with Gasteiger partial charge in [-0.3, -0.25) is 14.4 Å². The van der Waals surface area contributed by atoms with Crippen LogP contribution in [-0.2, 0) is 20.8 Å². The summed E-state index contributed by atoms with van der Waals surface area (Å²) in [5, 5.41) is 0. The van der Waals surface area contributed by atoms with Crippen LogP contribution in [0.4, 0.5) is 0 Å². The molecule has 0 bridgehead atoms. The zero-order chi connectivity index (χ0) is 21.9. The number of hydrogen-bond acceptors (Lipinski definition) is 4. The number of carbonyl (C=O) groups is 3. The monoisotopic (exact) mass is 417 g/mol. The Morgan fingerprint density at radius 1 is 0.867 bits per heavy atom. The Morgan fingerprint density at radius 2 is 1.40 bits per heavy atom. The Bertz CT molecular complexity index is 693. The third-order valence-electron chi connectivity index (χ3n) is 5.67. The third kappa shape index (κ3) is 7.04. The lowest BCUT2D eigenvalue weighted by molar-refractivity contribution is -0.139. The molecule has 7 nitrogen and oxygen atoms in total. The van der Waals surface area contributed by atoms with Crippen molar-refractivity contribution >= 4 is 17.7 Å². The molecule has 1 aromatic carbocycles. The van der Waals surface area contributed by atoms with Crippen LogP contribution in [0.25, 0.3) is 0 Å². The summed E-state index contributed by atoms with van der Waals surface area (Å²) >= 11 is 0. The Hall–Kier alpha value is -2.57. The van der Waals surface area contributed by atoms with Gasteiger partial charge in [0.25, 0.3) is 0 Å². The molecule has 0 spiro atoms. The molecule has 1 saturated heterocycles. The summed E-state index contributed by atoms with van der Waals surface area (Å²) in [5.74, 6) is 1.12. The van der Waals surface area contributed by atoms with Crippen LogP contribution in [-0.4, -0.2) is 78.8 Å². The van der Waals surface area contributed by atoms with Crippen LogP contribution in [0.2, 0.25) is 0 Å². The van der Waals surface area contributed by atoms with Crippen molar-refractivity contribution < 1.29 is 19.1 Å². The molecule has 1 aliphatic rings. The first kappa shape index (κ1) is 23.7. The second-order valence-electron chi connectivity index (χ2n) is 7.53. The molecule has 1 heterocycles. The molecule has 0 radical (unpaired) electrons. The number of rotatable bonds is 10. The van der Waals surface area contributed by atoms with Gasteiger partial charge < -0.3 is 19.4 Å². The molecule has 2 rings (SSSR count). The summed E-state index contributed by atoms with van der Waals surface area (Å²) in [7, 11) is 1.63. The molecule has 3 amide bonds. The molecule has 0 N–H and O–H groups in total. The van der Waals surface area contributed by atoms with E-state index in [1.807, 2.05) is 47.9 Å². The molecule has 0 unspecified atom stereocenters. The van der Waals surface area contributed by atoms with E-state index >= 15 is 0 Å². The topological polar surface area (TPSA) is 70.2 Å². The van der Waals surface area contributed by atoms with E-state index in [2.05, 4.69) is 0 Å². The normalized spacial score (nSPS) is 13.8. The van der Waals surface area contributed by atoms with Gasteiger partial charge in [-0.1, -0.05) is 12.1 Å². The van der Waals surface area contributed by atoms with Crippen molar-refractivity contribution in [3.63, 3.8) is 0 Å². The van der Waals surface area contributed by atoms with Crippen molar-refractivity contribution in [2.24, 2.45) is 0 Å². The van der Waals surface area contributed by atoms with Crippen molar-refractivity contribution in [3.8, 4) is 5.75 Å². The Labute approximate surface area is 180 Å². The average molecular weight is 418 g/mol. The van der Waals surface area contributed by atoms with Gasteiger partial charge in [0.05, 0.1) is 7.11 Å². The smallest absolute Gasteiger partial charge is 0.223 e. The first-order valence-corrected chi connectivity index (χ1v) is 10.9. The predicted molar refractivity (Wildman–Crippen MR) is 116 cm³/mol. The summed E-state index contributed by atoms with van der Waals surface area (Å²) in [5.41, 5.74) is 1.11. The van der Waals surface area contributed by atoms with Gasteiger partial charge in [0.2, 0.25) is 17.7 Å². The summed E-state index contributed by atoms with van der Waals surface area (Å²) in [6.07, 6.45) is 2.54. The summed E-state index contributed by atoms with van der Waals surface area (Å²) in [6.45, 7) is 7.62. The van der Waals surface area contributed by atoms with E-state index < -0.39 is 0 Å². The maximum atomic E-state index is 12.5. The second kappa shape index (κ2) is 12.2. The Morgan fingerprint density at radius 3 is 1.90 bits per heavy atom. The van der Waals surface area contributed by atoms with Crippen molar-refractivity contribution in [1.29, 1.82) is 0 Å². The average Bonchev–Trinajstić information content (AvgIpc) is 2.78. The van der Waals surface area contributed by atoms with Gasteiger partial charge in [0.1, 0.15) is 5.75 Å². The number of carbonyl (C=O) groups excluding carboxylic acids is 3. The predicted octanol–water partition coefficient (Wildman–Crippen LogP) is 2.34. The first-order valence-electron chi connectivity index (χ1n) is 10.9. The van der Waals surface area contributed by atoms with Gasteiger partial charge in [-0.2, -0.15) is 0 Å². The fourth-order valence-corrected chi connectivity index (χ4v) is 3.69. The van der Waals surface area contributed by atoms with Crippen LogP contribution >= 0.6 is 0 Å². The van der Waals surface area contributed by atoms with Gasteiger partial charge in [0, 0.05) is 58.5 Å². The second-order valence-corrected chi connectivity index (χ2v) is 7.53. The summed E-state index contributed by atoms with van der Waals surface area (Å²) in [4.78, 5) is 42.4. The first-order chi connectivity index (χ1) is 14.5. The molecule has 1 aromatic rings. The number of ether oxygens (including phenoxy) is 1. The maximum absolute atomic E-state index is 12.5. The SMILES string of the molecule is CCN(CC)C(=O)CCCC(=O)N1CCN(C(=O)CCc2ccc(OC)cc2)CC1. The van der Waals surface area contributed by atoms with Crippen molar-refractivity contribution in [3.05, 3.63) is 29.8 Å². The van der Waals surface area contributed by atoms with Crippen molar-refractivity contribution in [2.45, 2.75) is 46.0 Å². The quantitative estimate of drug-likeness (QED) is 0.586. The van der Waals surface area contributed by atoms with Crippen molar-refractivity contribution in [2.75, 3.05) is 46.4 Å². The number of methoxy groups -OCH3 is 1. The number of piperazine rings is 1. The highest BCUT2D eigenvalue weighted by atomic mass is 16.5. The lowest BCUT2D eigenvalue weighted by atomic mass is 10.1. The molecule has 0 saturated carbocycles. The van der Waals surface area contributed by atoms with E-state index in [0.717, 1.165) is 11.3 Å². The number of nitrogens with zero attached hydrogens (tertiary/aromatic N) is 3. The molecular weight excluding hydrogens is 382 g/mol. The third-order valence-corrected chi connectivity index (χ3v) is 5.67. The largest absolute Gasteiger partial charge is 0.497 e. The molecule has 7 heteroatoms. The fraction of sp³-hybridized carbons (Fsp3) is 0.609. The van der Waals surface area contributed by atoms with Crippen LogP contribution < -0.4 is 4.74 Å². The molecular formula is C23H35N3O4. The summed E-state index contributed by atoms with van der Waals surface area (Å²) < 4.78 is 5.15. The molecule has 0 atom stereocenters. The van der Waals surface area contributed by atoms with E-state index in [-0.39, 0.29) is 17.7 Å². The van der Waals surface area contributed by atoms with Gasteiger partial charge in [-0.25, -0.2) is 0 Å². The van der Waals surface area contributed by atoms with Crippen LogP contribution in [0.5, 0.6) is 5.75 Å². The molecule has 1 aliphatic heterocycles. The van der Waals surface area contributed by atoms with Crippen molar-refractivity contribution in [1.82, 2.24) is 14.7 Å². The molecule has 1 fully saturated rings. The minimum atomic E-state index is 0.0766. The van der Waals surface area contributed by atoms with E-state index in [1.54, 1.807) is 12.0 Å². The molecule has 166 valence electrons. The minimum absolute atomic E-state index is 0.0766. The van der Waals surface area contributed by atoms with E-state index in [4.69, 9.17) is 4.74 Å². The minimum Gasteiger partial charge on any atom is -0.497 e. The van der Waals surface area contributed by atoms with E-state index in [1.165, 1.54) is 0 Å². The lowest BCUT2D eigenvalue weighted by Gasteiger charge is -2.35. The van der Waals surface area contributed by atoms with E-state index in [9.17, 15) is 14.4 Å². The zero-order valence-corrected chi connectivity index (χ0v) is 18.6. The van der Waals surface area contributed by atoms with Crippen LogP contribution in [0.15, 0.2) is 24.3 Å². The number of aryl methyl sites for hydroxylation is 1. The van der Waals surface area contributed by atoms with Gasteiger partial charge >= 0.3 is 0 Å². The van der Waals surface area contributed by atoms with Gasteiger partial charge in [-0.05, 0) is 44.4 Å². The highest BCUT2D eigenvalue weighted by Gasteiger charge is 2.24. The fourth-order valence-electron chi connectivity index (χ4n) is 3.69. The Kier molecular flexibility index (Phi) is 9.64. The van der Waals surface area contributed by atoms with Crippen LogP contribution in [0, 0.1) is 0 Å². The lowest BCUT2D eigenvalue weighted by Crippen LogP contribution is -2.50. The summed E-state index contributed by atoms with van der Waals surface area (Å²) in [6, 6.07) is 7.76. The maximum Gasteiger partial charge on any atom is 0.223 e. The highest BCUT2D eigenvalue weighted by Crippen LogP contribution is 2.14. The molecule has 0 aromatic heterocycles. The van der Waals surface area contributed by atoms with Gasteiger partial charge in [-0.15, -0.1) is 0 Å². The number of amides is 3. The molecule has 30 heavy (non-hydrogen) atoms. The van der Waals surface area contributed by atoms with E-state index in [0.29, 0.717) is 71.4 Å². The van der Waals surface area contributed by atoms with Crippen LogP contribution in [0.1, 0.15) is 45.1 Å². The Balaban J connectivity index is 1.67. The highest BCUT2D eigenvalue weighted by molar-refractivity contribution is 5.80. The number of hydrogen-bond donors (Lipinski definition) is 0. The molecule has 0 aliphatic carbocycles.